The molecule has 44 heavy (non-hydrogen) atoms. The van der Waals surface area contributed by atoms with Crippen molar-refractivity contribution in [3.63, 3.8) is 0 Å². The van der Waals surface area contributed by atoms with Crippen LogP contribution in [0.25, 0.3) is 0 Å². The first-order chi connectivity index (χ1) is 21.1. The lowest BCUT2D eigenvalue weighted by Crippen LogP contribution is -2.48. The fourth-order valence-corrected chi connectivity index (χ4v) is 6.18. The quantitative estimate of drug-likeness (QED) is 0.248. The number of carbonyl (C=O) groups excluding carboxylic acids is 1. The summed E-state index contributed by atoms with van der Waals surface area (Å²) in [5, 5.41) is 32.3. The summed E-state index contributed by atoms with van der Waals surface area (Å²) in [6.45, 7) is 1.64. The van der Waals surface area contributed by atoms with Crippen LogP contribution in [0.5, 0.6) is 0 Å². The van der Waals surface area contributed by atoms with Crippen LogP contribution in [-0.4, -0.2) is 43.8 Å². The van der Waals surface area contributed by atoms with Crippen LogP contribution in [0.2, 0.25) is 5.02 Å². The molecule has 1 unspecified atom stereocenters. The standard InChI is InChI=1S/C34H32ClFN4O4/c1-3-33(43,29-18-39(2)21-38-29)25-14-27-30(28(36)15-25)34(24-8-10-26(35)11-9-24,44-20-32(19-41)12-13-32)40(31(27)42)17-23-7-5-4-6-22(23)16-37/h4-11,14-15,18,21,41,43H,3,12-13,17,19-20H2,1-2H3/t33?,34-/m1/s1. The Labute approximate surface area is 259 Å². The highest BCUT2D eigenvalue weighted by Gasteiger charge is 2.57. The summed E-state index contributed by atoms with van der Waals surface area (Å²) in [5.74, 6) is -1.27. The van der Waals surface area contributed by atoms with Gasteiger partial charge in [0.15, 0.2) is 5.72 Å². The van der Waals surface area contributed by atoms with Crippen LogP contribution in [0.3, 0.4) is 0 Å². The van der Waals surface area contributed by atoms with Crippen LogP contribution < -0.4 is 0 Å². The van der Waals surface area contributed by atoms with Crippen molar-refractivity contribution < 1.29 is 24.1 Å². The van der Waals surface area contributed by atoms with Crippen LogP contribution in [0.15, 0.2) is 73.2 Å². The number of ether oxygens (including phenoxy) is 1. The number of carbonyl (C=O) groups is 1. The first-order valence-electron chi connectivity index (χ1n) is 14.5. The molecule has 2 aliphatic rings. The molecule has 1 amide bonds. The Morgan fingerprint density at radius 3 is 2.52 bits per heavy atom. The molecule has 1 fully saturated rings. The van der Waals surface area contributed by atoms with Gasteiger partial charge in [0, 0.05) is 29.2 Å². The van der Waals surface area contributed by atoms with Crippen molar-refractivity contribution in [1.82, 2.24) is 14.5 Å². The van der Waals surface area contributed by atoms with Crippen molar-refractivity contribution in [2.24, 2.45) is 12.5 Å². The highest BCUT2D eigenvalue weighted by Crippen LogP contribution is 2.52. The Hall–Kier alpha value is -4.07. The Kier molecular flexibility index (Phi) is 7.58. The average Bonchev–Trinajstić information content (AvgIpc) is 3.62. The molecule has 1 aliphatic carbocycles. The van der Waals surface area contributed by atoms with Gasteiger partial charge in [-0.1, -0.05) is 48.9 Å². The van der Waals surface area contributed by atoms with Gasteiger partial charge in [0.05, 0.1) is 54.5 Å². The number of hydrogen-bond acceptors (Lipinski definition) is 6. The third-order valence-corrected chi connectivity index (χ3v) is 9.24. The van der Waals surface area contributed by atoms with Crippen LogP contribution in [0.1, 0.15) is 70.1 Å². The molecule has 6 rings (SSSR count). The molecule has 4 aromatic rings. The second-order valence-electron chi connectivity index (χ2n) is 11.8. The second-order valence-corrected chi connectivity index (χ2v) is 12.2. The summed E-state index contributed by atoms with van der Waals surface area (Å²) >= 11 is 6.26. The van der Waals surface area contributed by atoms with E-state index in [0.717, 1.165) is 12.8 Å². The van der Waals surface area contributed by atoms with Crippen molar-refractivity contribution >= 4 is 17.5 Å². The van der Waals surface area contributed by atoms with Crippen LogP contribution in [0.4, 0.5) is 4.39 Å². The zero-order valence-corrected chi connectivity index (χ0v) is 25.2. The molecular weight excluding hydrogens is 583 g/mol. The maximum Gasteiger partial charge on any atom is 0.257 e. The normalized spacial score (nSPS) is 19.8. The molecule has 1 saturated carbocycles. The van der Waals surface area contributed by atoms with Gasteiger partial charge in [-0.15, -0.1) is 0 Å². The van der Waals surface area contributed by atoms with Crippen molar-refractivity contribution in [1.29, 1.82) is 5.26 Å². The summed E-state index contributed by atoms with van der Waals surface area (Å²) in [6.07, 6.45) is 4.84. The first kappa shape index (κ1) is 30.0. The molecule has 2 atom stereocenters. The topological polar surface area (TPSA) is 112 Å². The highest BCUT2D eigenvalue weighted by molar-refractivity contribution is 6.30. The van der Waals surface area contributed by atoms with Crippen LogP contribution >= 0.6 is 11.6 Å². The number of aromatic nitrogens is 2. The molecule has 1 aliphatic heterocycles. The Morgan fingerprint density at radius 1 is 1.18 bits per heavy atom. The minimum atomic E-state index is -1.76. The molecule has 0 radical (unpaired) electrons. The molecule has 0 bridgehead atoms. The van der Waals surface area contributed by atoms with Gasteiger partial charge in [-0.25, -0.2) is 9.37 Å². The maximum atomic E-state index is 16.8. The Balaban J connectivity index is 1.59. The molecule has 8 nitrogen and oxygen atoms in total. The van der Waals surface area contributed by atoms with E-state index in [-0.39, 0.29) is 42.9 Å². The minimum absolute atomic E-state index is 0.00350. The van der Waals surface area contributed by atoms with Gasteiger partial charge < -0.3 is 19.5 Å². The second kappa shape index (κ2) is 11.1. The van der Waals surface area contributed by atoms with E-state index >= 15 is 4.39 Å². The van der Waals surface area contributed by atoms with Crippen molar-refractivity contribution in [3.8, 4) is 6.07 Å². The molecule has 1 aromatic heterocycles. The number of aliphatic hydroxyl groups is 2. The predicted molar refractivity (Wildman–Crippen MR) is 161 cm³/mol. The number of aliphatic hydroxyl groups excluding tert-OH is 1. The van der Waals surface area contributed by atoms with Gasteiger partial charge in [0.25, 0.3) is 5.91 Å². The fourth-order valence-electron chi connectivity index (χ4n) is 6.05. The monoisotopic (exact) mass is 614 g/mol. The summed E-state index contributed by atoms with van der Waals surface area (Å²) in [4.78, 5) is 20.3. The van der Waals surface area contributed by atoms with Gasteiger partial charge in [-0.2, -0.15) is 5.26 Å². The number of benzene rings is 3. The van der Waals surface area contributed by atoms with Gasteiger partial charge in [-0.3, -0.25) is 9.69 Å². The van der Waals surface area contributed by atoms with E-state index < -0.39 is 28.5 Å². The summed E-state index contributed by atoms with van der Waals surface area (Å²) in [7, 11) is 1.77. The zero-order chi connectivity index (χ0) is 31.3. The number of imidazole rings is 1. The van der Waals surface area contributed by atoms with Crippen molar-refractivity contribution in [2.45, 2.75) is 44.1 Å². The van der Waals surface area contributed by atoms with Gasteiger partial charge in [-0.05, 0) is 60.7 Å². The third-order valence-electron chi connectivity index (χ3n) is 8.98. The lowest BCUT2D eigenvalue weighted by Gasteiger charge is -2.40. The molecule has 2 N–H and O–H groups in total. The minimum Gasteiger partial charge on any atom is -0.396 e. The van der Waals surface area contributed by atoms with E-state index in [0.29, 0.717) is 27.4 Å². The SMILES string of the molecule is CCC(O)(c1cc(F)c2c(c1)C(=O)N(Cc1ccccc1C#N)[C@@]2(OCC1(CO)CC1)c1ccc(Cl)cc1)c1cn(C)cn1. The van der Waals surface area contributed by atoms with E-state index in [1.807, 2.05) is 0 Å². The van der Waals surface area contributed by atoms with E-state index in [4.69, 9.17) is 16.3 Å². The summed E-state index contributed by atoms with van der Waals surface area (Å²) < 4.78 is 25.2. The van der Waals surface area contributed by atoms with Gasteiger partial charge in [0.1, 0.15) is 11.4 Å². The van der Waals surface area contributed by atoms with E-state index in [1.54, 1.807) is 79.6 Å². The number of hydrogen-bond donors (Lipinski definition) is 2. The number of amides is 1. The fraction of sp³-hybridized carbons (Fsp3) is 0.324. The third kappa shape index (κ3) is 4.79. The number of rotatable bonds is 10. The lowest BCUT2D eigenvalue weighted by molar-refractivity contribution is -0.130. The Morgan fingerprint density at radius 2 is 1.91 bits per heavy atom. The summed E-state index contributed by atoms with van der Waals surface area (Å²) in [5.41, 5.74) is -2.02. The van der Waals surface area contributed by atoms with E-state index in [1.165, 1.54) is 17.0 Å². The molecule has 0 spiro atoms. The predicted octanol–water partition coefficient (Wildman–Crippen LogP) is 5.38. The number of nitrogens with zero attached hydrogens (tertiary/aromatic N) is 4. The van der Waals surface area contributed by atoms with Gasteiger partial charge >= 0.3 is 0 Å². The first-order valence-corrected chi connectivity index (χ1v) is 14.8. The highest BCUT2D eigenvalue weighted by atomic mass is 35.5. The van der Waals surface area contributed by atoms with Crippen LogP contribution in [-0.2, 0) is 29.7 Å². The van der Waals surface area contributed by atoms with Gasteiger partial charge in [0.2, 0.25) is 0 Å². The largest absolute Gasteiger partial charge is 0.396 e. The summed E-state index contributed by atoms with van der Waals surface area (Å²) in [6, 6.07) is 18.5. The number of aryl methyl sites for hydroxylation is 1. The molecule has 3 aromatic carbocycles. The van der Waals surface area contributed by atoms with E-state index in [2.05, 4.69) is 11.1 Å². The van der Waals surface area contributed by atoms with Crippen LogP contribution in [0, 0.1) is 22.6 Å². The average molecular weight is 615 g/mol. The maximum absolute atomic E-state index is 16.8. The molecule has 2 heterocycles. The van der Waals surface area contributed by atoms with Crippen molar-refractivity contribution in [2.75, 3.05) is 13.2 Å². The number of nitriles is 1. The number of halogens is 2. The molecule has 0 saturated heterocycles. The zero-order valence-electron chi connectivity index (χ0n) is 24.4. The number of fused-ring (bicyclic) bond motifs is 1. The molecule has 10 heteroatoms. The molecule has 226 valence electrons. The lowest BCUT2D eigenvalue weighted by atomic mass is 9.84. The van der Waals surface area contributed by atoms with E-state index in [9.17, 15) is 20.3 Å². The smallest absolute Gasteiger partial charge is 0.257 e. The van der Waals surface area contributed by atoms with Crippen molar-refractivity contribution in [3.05, 3.63) is 123 Å². The molecular formula is C34H32ClFN4O4. The Bertz CT molecular complexity index is 1780.